The van der Waals surface area contributed by atoms with Crippen LogP contribution in [0.2, 0.25) is 0 Å². The second-order valence-corrected chi connectivity index (χ2v) is 16.1. The Morgan fingerprint density at radius 2 is 1.16 bits per heavy atom. The van der Waals surface area contributed by atoms with Gasteiger partial charge in [-0.15, -0.1) is 11.8 Å². The lowest BCUT2D eigenvalue weighted by Gasteiger charge is -2.16. The van der Waals surface area contributed by atoms with Gasteiger partial charge in [-0.05, 0) is 53.5 Å². The first-order valence-corrected chi connectivity index (χ1v) is 20.4. The second-order valence-electron chi connectivity index (χ2n) is 14.8. The Labute approximate surface area is 333 Å². The molecule has 57 heavy (non-hydrogen) atoms. The maximum Gasteiger partial charge on any atom is 0.162 e. The van der Waals surface area contributed by atoms with Crippen LogP contribution in [-0.4, -0.2) is 24.4 Å². The van der Waals surface area contributed by atoms with Gasteiger partial charge in [0, 0.05) is 60.0 Å². The van der Waals surface area contributed by atoms with Crippen LogP contribution in [0.25, 0.3) is 89.6 Å². The van der Waals surface area contributed by atoms with Gasteiger partial charge in [-0.3, -0.25) is 4.57 Å². The summed E-state index contributed by atoms with van der Waals surface area (Å²) in [5.41, 5.74) is 12.8. The molecule has 0 bridgehead atoms. The fourth-order valence-electron chi connectivity index (χ4n) is 9.17. The third kappa shape index (κ3) is 5.02. The number of fused-ring (bicyclic) bond motifs is 10. The topological polar surface area (TPSA) is 35.6 Å². The van der Waals surface area contributed by atoms with Gasteiger partial charge in [0.15, 0.2) is 5.82 Å². The van der Waals surface area contributed by atoms with Crippen LogP contribution in [0.4, 0.5) is 0 Å². The van der Waals surface area contributed by atoms with Gasteiger partial charge in [-0.25, -0.2) is 9.97 Å². The van der Waals surface area contributed by atoms with E-state index in [9.17, 15) is 0 Å². The van der Waals surface area contributed by atoms with Gasteiger partial charge in [0.05, 0.1) is 27.6 Å². The number of nitrogens with zero attached hydrogens (tertiary/aromatic N) is 4. The molecule has 4 heterocycles. The molecule has 0 saturated heterocycles. The fourth-order valence-corrected chi connectivity index (χ4v) is 10.5. The molecular formula is C52H34N4S. The van der Waals surface area contributed by atoms with Crippen LogP contribution in [0, 0.1) is 0 Å². The normalized spacial score (nSPS) is 14.5. The minimum absolute atomic E-state index is 0.296. The van der Waals surface area contributed by atoms with Crippen molar-refractivity contribution < 1.29 is 0 Å². The number of aromatic nitrogens is 4. The molecule has 7 aromatic carbocycles. The van der Waals surface area contributed by atoms with E-state index in [-0.39, 0.29) is 0 Å². The van der Waals surface area contributed by atoms with Crippen molar-refractivity contribution in [2.45, 2.75) is 16.6 Å². The molecule has 2 aliphatic rings. The second kappa shape index (κ2) is 12.8. The maximum atomic E-state index is 5.40. The molecule has 3 aromatic heterocycles. The third-order valence-corrected chi connectivity index (χ3v) is 12.9. The fraction of sp³-hybridized carbons (Fsp3) is 0.0385. The van der Waals surface area contributed by atoms with E-state index in [0.29, 0.717) is 11.1 Å². The van der Waals surface area contributed by atoms with Crippen molar-refractivity contribution in [3.05, 3.63) is 198 Å². The summed E-state index contributed by atoms with van der Waals surface area (Å²) in [5.74, 6) is 1.57. The third-order valence-electron chi connectivity index (χ3n) is 11.6. The van der Waals surface area contributed by atoms with Crippen LogP contribution in [0.15, 0.2) is 187 Å². The van der Waals surface area contributed by atoms with Crippen LogP contribution in [0.1, 0.15) is 12.0 Å². The van der Waals surface area contributed by atoms with Gasteiger partial charge in [0.25, 0.3) is 0 Å². The smallest absolute Gasteiger partial charge is 0.162 e. The van der Waals surface area contributed by atoms with Crippen LogP contribution in [-0.2, 0) is 0 Å². The van der Waals surface area contributed by atoms with Crippen molar-refractivity contribution in [2.75, 3.05) is 0 Å². The minimum Gasteiger partial charge on any atom is -0.310 e. The van der Waals surface area contributed by atoms with Crippen molar-refractivity contribution in [1.29, 1.82) is 0 Å². The molecule has 0 fully saturated rings. The van der Waals surface area contributed by atoms with Crippen LogP contribution >= 0.6 is 11.8 Å². The highest BCUT2D eigenvalue weighted by Gasteiger charge is 2.35. The summed E-state index contributed by atoms with van der Waals surface area (Å²) in [6.45, 7) is 0. The van der Waals surface area contributed by atoms with Crippen molar-refractivity contribution in [2.24, 2.45) is 0 Å². The van der Waals surface area contributed by atoms with E-state index >= 15 is 0 Å². The zero-order valence-electron chi connectivity index (χ0n) is 30.9. The van der Waals surface area contributed by atoms with E-state index in [1.807, 2.05) is 17.8 Å². The number of hydrogen-bond acceptors (Lipinski definition) is 3. The molecule has 1 aliphatic carbocycles. The van der Waals surface area contributed by atoms with E-state index in [1.165, 1.54) is 70.6 Å². The highest BCUT2D eigenvalue weighted by atomic mass is 32.2. The number of rotatable bonds is 5. The SMILES string of the molecule is C1=c2c(c3ccccc3n2-c2cccc(-c3ccccc3)c2)=C2c3c(ccc4c5ccccc5n(-c5cc(-c6ccccc6)nc(-c6ccccc6)n5)c34)SC2C1. The average Bonchev–Trinajstić information content (AvgIpc) is 3.95. The minimum atomic E-state index is 0.296. The van der Waals surface area contributed by atoms with E-state index in [2.05, 4.69) is 191 Å². The molecule has 12 rings (SSSR count). The molecule has 0 N–H and O–H groups in total. The Bertz CT molecular complexity index is 3290. The summed E-state index contributed by atoms with van der Waals surface area (Å²) in [4.78, 5) is 11.9. The molecule has 1 unspecified atom stereocenters. The molecule has 0 spiro atoms. The monoisotopic (exact) mass is 746 g/mol. The van der Waals surface area contributed by atoms with E-state index < -0.39 is 0 Å². The molecule has 0 amide bonds. The van der Waals surface area contributed by atoms with Crippen molar-refractivity contribution in [3.63, 3.8) is 0 Å². The number of benzene rings is 7. The molecule has 4 nitrogen and oxygen atoms in total. The number of para-hydroxylation sites is 2. The number of hydrogen-bond donors (Lipinski definition) is 0. The van der Waals surface area contributed by atoms with Gasteiger partial charge in [-0.1, -0.05) is 152 Å². The largest absolute Gasteiger partial charge is 0.310 e. The number of thioether (sulfide) groups is 1. The van der Waals surface area contributed by atoms with E-state index in [4.69, 9.17) is 9.97 Å². The van der Waals surface area contributed by atoms with E-state index in [1.54, 1.807) is 0 Å². The predicted octanol–water partition coefficient (Wildman–Crippen LogP) is 11.4. The van der Waals surface area contributed by atoms with Gasteiger partial charge in [-0.2, -0.15) is 0 Å². The molecule has 268 valence electrons. The highest BCUT2D eigenvalue weighted by molar-refractivity contribution is 8.01. The average molecular weight is 747 g/mol. The van der Waals surface area contributed by atoms with Crippen LogP contribution in [0.5, 0.6) is 0 Å². The first-order valence-electron chi connectivity index (χ1n) is 19.5. The Kier molecular flexibility index (Phi) is 7.26. The standard InChI is InChI=1S/C52H34N4S/c1-4-15-33(16-5-1)36-21-14-22-37(31-36)55-43-26-13-11-24-40(43)48-44(55)28-30-45-49(48)50-46(57-45)29-27-39-38-23-10-12-25-42(38)56(51(39)50)47-32-41(34-17-6-2-7-18-34)53-52(54-47)35-19-8-3-9-20-35/h1-29,31-32,45H,30H2. The highest BCUT2D eigenvalue weighted by Crippen LogP contribution is 2.51. The summed E-state index contributed by atoms with van der Waals surface area (Å²) in [6.07, 6.45) is 3.43. The van der Waals surface area contributed by atoms with Crippen molar-refractivity contribution in [1.82, 2.24) is 19.1 Å². The zero-order valence-corrected chi connectivity index (χ0v) is 31.7. The Balaban J connectivity index is 1.18. The van der Waals surface area contributed by atoms with Crippen LogP contribution < -0.4 is 10.6 Å². The maximum absolute atomic E-state index is 5.40. The molecular weight excluding hydrogens is 713 g/mol. The first-order chi connectivity index (χ1) is 28.3. The molecule has 0 saturated carbocycles. The van der Waals surface area contributed by atoms with Crippen molar-refractivity contribution in [3.8, 4) is 45.3 Å². The lowest BCUT2D eigenvalue weighted by atomic mass is 9.93. The van der Waals surface area contributed by atoms with E-state index in [0.717, 1.165) is 34.6 Å². The summed E-state index contributed by atoms with van der Waals surface area (Å²) < 4.78 is 4.90. The zero-order chi connectivity index (χ0) is 37.5. The Morgan fingerprint density at radius 1 is 0.509 bits per heavy atom. The van der Waals surface area contributed by atoms with Gasteiger partial charge < -0.3 is 4.57 Å². The van der Waals surface area contributed by atoms with Crippen molar-refractivity contribution >= 4 is 56.1 Å². The molecule has 10 aromatic rings. The summed E-state index contributed by atoms with van der Waals surface area (Å²) >= 11 is 2.00. The lowest BCUT2D eigenvalue weighted by Crippen LogP contribution is -2.35. The molecule has 5 heteroatoms. The van der Waals surface area contributed by atoms with Crippen LogP contribution in [0.3, 0.4) is 0 Å². The quantitative estimate of drug-likeness (QED) is 0.176. The van der Waals surface area contributed by atoms with Gasteiger partial charge in [0.1, 0.15) is 5.82 Å². The molecule has 1 atom stereocenters. The van der Waals surface area contributed by atoms with Gasteiger partial charge in [0.2, 0.25) is 0 Å². The summed E-state index contributed by atoms with van der Waals surface area (Å²) in [5, 5.41) is 6.62. The predicted molar refractivity (Wildman–Crippen MR) is 236 cm³/mol. The Morgan fingerprint density at radius 3 is 1.93 bits per heavy atom. The van der Waals surface area contributed by atoms with Gasteiger partial charge >= 0.3 is 0 Å². The first kappa shape index (κ1) is 32.3. The lowest BCUT2D eigenvalue weighted by molar-refractivity contribution is 1.02. The molecule has 1 aliphatic heterocycles. The summed E-state index contributed by atoms with van der Waals surface area (Å²) in [7, 11) is 0. The summed E-state index contributed by atoms with van der Waals surface area (Å²) in [6, 6.07) is 65.1. The molecule has 0 radical (unpaired) electrons. The Hall–Kier alpha value is -6.95.